The number of likely N-dealkylation sites (tertiary alicyclic amines) is 1. The van der Waals surface area contributed by atoms with Crippen molar-refractivity contribution >= 4 is 10.9 Å². The van der Waals surface area contributed by atoms with Crippen molar-refractivity contribution in [2.75, 3.05) is 33.4 Å². The Morgan fingerprint density at radius 3 is 2.50 bits per heavy atom. The zero-order chi connectivity index (χ0) is 25.7. The van der Waals surface area contributed by atoms with E-state index in [-0.39, 0.29) is 17.6 Å². The number of nitrogens with zero attached hydrogens (tertiary/aromatic N) is 2. The van der Waals surface area contributed by atoms with Crippen LogP contribution in [0.5, 0.6) is 5.75 Å². The number of aliphatic hydroxyl groups excluding tert-OH is 1. The first-order chi connectivity index (χ1) is 17.3. The third-order valence-corrected chi connectivity index (χ3v) is 7.31. The first-order valence-corrected chi connectivity index (χ1v) is 12.2. The van der Waals surface area contributed by atoms with Crippen LogP contribution in [0.4, 0.5) is 13.2 Å². The minimum atomic E-state index is -1.48. The van der Waals surface area contributed by atoms with Crippen LogP contribution in [0.3, 0.4) is 0 Å². The summed E-state index contributed by atoms with van der Waals surface area (Å²) >= 11 is 0. The zero-order valence-corrected chi connectivity index (χ0v) is 20.7. The van der Waals surface area contributed by atoms with Gasteiger partial charge in [-0.3, -0.25) is 9.88 Å². The van der Waals surface area contributed by atoms with E-state index in [1.165, 1.54) is 5.56 Å². The fourth-order valence-electron chi connectivity index (χ4n) is 4.98. The summed E-state index contributed by atoms with van der Waals surface area (Å²) in [7, 11) is 1.66. The van der Waals surface area contributed by atoms with E-state index >= 15 is 0 Å². The quantitative estimate of drug-likeness (QED) is 0.351. The van der Waals surface area contributed by atoms with Crippen molar-refractivity contribution < 1.29 is 23.0 Å². The monoisotopic (exact) mass is 496 g/mol. The van der Waals surface area contributed by atoms with Crippen molar-refractivity contribution in [1.29, 1.82) is 0 Å². The molecular weight excluding hydrogens is 465 g/mol. The van der Waals surface area contributed by atoms with Crippen LogP contribution in [-0.4, -0.2) is 48.3 Å². The van der Waals surface area contributed by atoms with Crippen molar-refractivity contribution in [3.63, 3.8) is 0 Å². The fraction of sp³-hybridized carbons (Fsp3) is 0.414. The van der Waals surface area contributed by atoms with E-state index in [9.17, 15) is 18.3 Å². The highest BCUT2D eigenvalue weighted by molar-refractivity contribution is 5.84. The Bertz CT molecular complexity index is 1270. The lowest BCUT2D eigenvalue weighted by molar-refractivity contribution is 0.0401. The van der Waals surface area contributed by atoms with E-state index in [0.717, 1.165) is 79.5 Å². The number of methoxy groups -OCH3 is 1. The Kier molecular flexibility index (Phi) is 8.17. The van der Waals surface area contributed by atoms with Crippen molar-refractivity contribution in [2.24, 2.45) is 5.41 Å². The largest absolute Gasteiger partial charge is 0.497 e. The summed E-state index contributed by atoms with van der Waals surface area (Å²) in [5, 5.41) is 11.4. The van der Waals surface area contributed by atoms with Gasteiger partial charge in [0.1, 0.15) is 5.75 Å². The maximum atomic E-state index is 13.4. The molecule has 0 aliphatic carbocycles. The number of piperidine rings is 1. The van der Waals surface area contributed by atoms with E-state index < -0.39 is 17.5 Å². The summed E-state index contributed by atoms with van der Waals surface area (Å²) in [4.78, 5) is 6.71. The molecule has 4 rings (SSSR count). The van der Waals surface area contributed by atoms with Gasteiger partial charge in [0.15, 0.2) is 17.5 Å². The van der Waals surface area contributed by atoms with Gasteiger partial charge in [0.2, 0.25) is 0 Å². The molecule has 3 aromatic rings. The number of ether oxygens (including phenoxy) is 1. The van der Waals surface area contributed by atoms with E-state index in [2.05, 4.69) is 28.6 Å². The van der Waals surface area contributed by atoms with E-state index in [1.807, 2.05) is 24.4 Å². The standard InChI is InChI=1S/C29H31F3N2O2/c1-20-18-33-27-8-7-22(36-2)17-24(27)23(20)6-3-9-29(19-35)10-13-34(14-11-29)12-4-5-21-15-25(30)28(32)26(31)16-21/h7-8,15-18,35H,3,6,9-14,19H2,1-2H3. The smallest absolute Gasteiger partial charge is 0.194 e. The van der Waals surface area contributed by atoms with Gasteiger partial charge in [-0.25, -0.2) is 13.2 Å². The number of rotatable bonds is 7. The molecule has 0 atom stereocenters. The van der Waals surface area contributed by atoms with Gasteiger partial charge in [0.05, 0.1) is 19.2 Å². The van der Waals surface area contributed by atoms with Crippen LogP contribution >= 0.6 is 0 Å². The number of fused-ring (bicyclic) bond motifs is 1. The second-order valence-corrected chi connectivity index (χ2v) is 9.65. The van der Waals surface area contributed by atoms with Crippen molar-refractivity contribution in [2.45, 2.75) is 39.0 Å². The van der Waals surface area contributed by atoms with Crippen molar-refractivity contribution in [3.8, 4) is 17.6 Å². The molecule has 1 fully saturated rings. The maximum Gasteiger partial charge on any atom is 0.194 e. The number of pyridine rings is 1. The van der Waals surface area contributed by atoms with Gasteiger partial charge >= 0.3 is 0 Å². The predicted molar refractivity (Wildman–Crippen MR) is 134 cm³/mol. The van der Waals surface area contributed by atoms with Crippen molar-refractivity contribution in [1.82, 2.24) is 9.88 Å². The average molecular weight is 497 g/mol. The Morgan fingerprint density at radius 2 is 1.83 bits per heavy atom. The Balaban J connectivity index is 1.34. The predicted octanol–water partition coefficient (Wildman–Crippen LogP) is 5.42. The molecule has 1 aliphatic rings. The number of aliphatic hydroxyl groups is 1. The van der Waals surface area contributed by atoms with Gasteiger partial charge in [0, 0.05) is 23.8 Å². The molecule has 7 heteroatoms. The lowest BCUT2D eigenvalue weighted by atomic mass is 9.75. The molecule has 0 bridgehead atoms. The normalized spacial score (nSPS) is 15.5. The molecule has 36 heavy (non-hydrogen) atoms. The highest BCUT2D eigenvalue weighted by Crippen LogP contribution is 2.37. The molecule has 0 spiro atoms. The van der Waals surface area contributed by atoms with Gasteiger partial charge < -0.3 is 9.84 Å². The minimum Gasteiger partial charge on any atom is -0.497 e. The summed E-state index contributed by atoms with van der Waals surface area (Å²) in [5.74, 6) is 2.50. The van der Waals surface area contributed by atoms with Gasteiger partial charge in [-0.1, -0.05) is 11.8 Å². The summed E-state index contributed by atoms with van der Waals surface area (Å²) in [6.07, 6.45) is 6.41. The highest BCUT2D eigenvalue weighted by atomic mass is 19.2. The number of halogens is 3. The first-order valence-electron chi connectivity index (χ1n) is 12.2. The molecule has 1 aliphatic heterocycles. The molecule has 1 aromatic heterocycles. The molecule has 1 N–H and O–H groups in total. The molecule has 4 nitrogen and oxygen atoms in total. The summed E-state index contributed by atoms with van der Waals surface area (Å²) in [6, 6.07) is 7.75. The van der Waals surface area contributed by atoms with Crippen LogP contribution in [0.25, 0.3) is 10.9 Å². The van der Waals surface area contributed by atoms with Crippen LogP contribution < -0.4 is 4.74 Å². The maximum absolute atomic E-state index is 13.4. The number of hydrogen-bond acceptors (Lipinski definition) is 4. The molecule has 2 heterocycles. The number of aromatic nitrogens is 1. The Morgan fingerprint density at radius 1 is 1.11 bits per heavy atom. The van der Waals surface area contributed by atoms with E-state index in [1.54, 1.807) is 7.11 Å². The third kappa shape index (κ3) is 5.83. The van der Waals surface area contributed by atoms with Crippen LogP contribution in [0, 0.1) is 41.6 Å². The molecule has 1 saturated heterocycles. The Hall–Kier alpha value is -3.08. The van der Waals surface area contributed by atoms with Gasteiger partial charge in [-0.2, -0.15) is 0 Å². The highest BCUT2D eigenvalue weighted by Gasteiger charge is 2.33. The third-order valence-electron chi connectivity index (χ3n) is 7.31. The molecular formula is C29H31F3N2O2. The molecule has 2 aromatic carbocycles. The second-order valence-electron chi connectivity index (χ2n) is 9.65. The minimum absolute atomic E-state index is 0.115. The van der Waals surface area contributed by atoms with Crippen molar-refractivity contribution in [3.05, 3.63) is 70.7 Å². The number of hydrogen-bond donors (Lipinski definition) is 1. The van der Waals surface area contributed by atoms with Crippen LogP contribution in [-0.2, 0) is 6.42 Å². The topological polar surface area (TPSA) is 45.6 Å². The Labute approximate surface area is 210 Å². The van der Waals surface area contributed by atoms with E-state index in [4.69, 9.17) is 4.74 Å². The lowest BCUT2D eigenvalue weighted by Gasteiger charge is -2.40. The SMILES string of the molecule is COc1ccc2ncc(C)c(CCCC3(CO)CCN(CC#Cc4cc(F)c(F)c(F)c4)CC3)c2c1. The number of aryl methyl sites for hydroxylation is 2. The van der Waals surface area contributed by atoms with Crippen LogP contribution in [0.1, 0.15) is 42.4 Å². The van der Waals surface area contributed by atoms with Gasteiger partial charge in [-0.05, 0) is 99.0 Å². The average Bonchev–Trinajstić information content (AvgIpc) is 2.89. The van der Waals surface area contributed by atoms with Gasteiger partial charge in [-0.15, -0.1) is 0 Å². The summed E-state index contributed by atoms with van der Waals surface area (Å²) < 4.78 is 45.2. The molecule has 0 saturated carbocycles. The van der Waals surface area contributed by atoms with Gasteiger partial charge in [0.25, 0.3) is 0 Å². The molecule has 0 amide bonds. The van der Waals surface area contributed by atoms with Crippen LogP contribution in [0.2, 0.25) is 0 Å². The first kappa shape index (κ1) is 26.0. The summed E-state index contributed by atoms with van der Waals surface area (Å²) in [5.41, 5.74) is 3.37. The zero-order valence-electron chi connectivity index (χ0n) is 20.7. The molecule has 0 unspecified atom stereocenters. The molecule has 0 radical (unpaired) electrons. The number of benzene rings is 2. The lowest BCUT2D eigenvalue weighted by Crippen LogP contribution is -2.42. The fourth-order valence-corrected chi connectivity index (χ4v) is 4.98. The second kappa shape index (κ2) is 11.3. The van der Waals surface area contributed by atoms with E-state index in [0.29, 0.717) is 6.54 Å². The summed E-state index contributed by atoms with van der Waals surface area (Å²) in [6.45, 7) is 4.25. The molecule has 190 valence electrons. The van der Waals surface area contributed by atoms with Crippen LogP contribution in [0.15, 0.2) is 36.5 Å².